The first-order valence-corrected chi connectivity index (χ1v) is 6.48. The zero-order valence-corrected chi connectivity index (χ0v) is 12.3. The van der Waals surface area contributed by atoms with Crippen LogP contribution in [-0.4, -0.2) is 17.5 Å². The summed E-state index contributed by atoms with van der Waals surface area (Å²) in [6.07, 6.45) is 0.463. The summed E-state index contributed by atoms with van der Waals surface area (Å²) in [5.74, 6) is 0.611. The molecule has 1 amide bonds. The Labute approximate surface area is 119 Å². The Morgan fingerprint density at radius 1 is 1.42 bits per heavy atom. The average Bonchev–Trinajstić information content (AvgIpc) is 2.24. The molecule has 1 rings (SSSR count). The minimum Gasteiger partial charge on any atom is -0.486 e. The van der Waals surface area contributed by atoms with Gasteiger partial charge in [-0.3, -0.25) is 4.79 Å². The number of amides is 1. The molecule has 3 N–H and O–H groups in total. The van der Waals surface area contributed by atoms with Gasteiger partial charge in [-0.05, 0) is 17.5 Å². The first-order valence-electron chi connectivity index (χ1n) is 6.07. The molecule has 0 heterocycles. The van der Waals surface area contributed by atoms with Gasteiger partial charge in [0.2, 0.25) is 5.91 Å². The predicted molar refractivity (Wildman–Crippen MR) is 81.4 cm³/mol. The molecule has 19 heavy (non-hydrogen) atoms. The van der Waals surface area contributed by atoms with E-state index in [1.54, 1.807) is 12.1 Å². The lowest BCUT2D eigenvalue weighted by molar-refractivity contribution is -0.117. The Bertz CT molecular complexity index is 467. The summed E-state index contributed by atoms with van der Waals surface area (Å²) in [6, 6.07) is 7.16. The largest absolute Gasteiger partial charge is 0.486 e. The van der Waals surface area contributed by atoms with Gasteiger partial charge < -0.3 is 15.8 Å². The van der Waals surface area contributed by atoms with Gasteiger partial charge in [0, 0.05) is 18.2 Å². The van der Waals surface area contributed by atoms with Gasteiger partial charge >= 0.3 is 0 Å². The summed E-state index contributed by atoms with van der Waals surface area (Å²) in [5.41, 5.74) is 6.03. The van der Waals surface area contributed by atoms with Crippen LogP contribution in [0.5, 0.6) is 5.75 Å². The topological polar surface area (TPSA) is 64.3 Å². The average molecular weight is 280 g/mol. The fraction of sp³-hybridized carbons (Fsp3) is 0.429. The second-order valence-electron chi connectivity index (χ2n) is 5.57. The number of nitrogens with one attached hydrogen (secondary N) is 1. The zero-order chi connectivity index (χ0) is 14.5. The predicted octanol–water partition coefficient (Wildman–Crippen LogP) is 2.73. The molecule has 0 saturated heterocycles. The Morgan fingerprint density at radius 2 is 2.11 bits per heavy atom. The van der Waals surface area contributed by atoms with Crippen LogP contribution in [0.15, 0.2) is 24.3 Å². The highest BCUT2D eigenvalue weighted by molar-refractivity contribution is 7.80. The van der Waals surface area contributed by atoms with Crippen LogP contribution in [0, 0.1) is 5.41 Å². The van der Waals surface area contributed by atoms with E-state index in [9.17, 15) is 4.79 Å². The number of anilines is 1. The molecular weight excluding hydrogens is 260 g/mol. The Morgan fingerprint density at radius 3 is 2.68 bits per heavy atom. The van der Waals surface area contributed by atoms with E-state index in [1.165, 1.54) is 0 Å². The summed E-state index contributed by atoms with van der Waals surface area (Å²) in [6.45, 7) is 6.26. The number of benzene rings is 1. The molecule has 1 aromatic rings. The maximum absolute atomic E-state index is 11.8. The summed E-state index contributed by atoms with van der Waals surface area (Å²) < 4.78 is 5.37. The highest BCUT2D eigenvalue weighted by Gasteiger charge is 2.15. The van der Waals surface area contributed by atoms with Crippen molar-refractivity contribution in [2.75, 3.05) is 11.9 Å². The van der Waals surface area contributed by atoms with E-state index in [2.05, 4.69) is 5.32 Å². The molecule has 0 atom stereocenters. The van der Waals surface area contributed by atoms with Gasteiger partial charge in [0.25, 0.3) is 0 Å². The van der Waals surface area contributed by atoms with Gasteiger partial charge in [-0.25, -0.2) is 0 Å². The monoisotopic (exact) mass is 280 g/mol. The van der Waals surface area contributed by atoms with E-state index >= 15 is 0 Å². The van der Waals surface area contributed by atoms with Gasteiger partial charge in [-0.1, -0.05) is 39.1 Å². The summed E-state index contributed by atoms with van der Waals surface area (Å²) in [5, 5.41) is 2.84. The molecule has 0 radical (unpaired) electrons. The summed E-state index contributed by atoms with van der Waals surface area (Å²) in [4.78, 5) is 12.1. The SMILES string of the molecule is CC(C)(C)CC(=O)Nc1cccc(OCC(N)=S)c1. The fourth-order valence-corrected chi connectivity index (χ4v) is 1.56. The normalized spacial score (nSPS) is 10.9. The highest BCUT2D eigenvalue weighted by Crippen LogP contribution is 2.21. The summed E-state index contributed by atoms with van der Waals surface area (Å²) in [7, 11) is 0. The molecule has 4 nitrogen and oxygen atoms in total. The molecule has 0 aliphatic rings. The third kappa shape index (κ3) is 6.76. The zero-order valence-electron chi connectivity index (χ0n) is 11.5. The first-order chi connectivity index (χ1) is 8.76. The molecule has 0 aliphatic carbocycles. The van der Waals surface area contributed by atoms with Gasteiger partial charge in [-0.15, -0.1) is 0 Å². The molecule has 0 spiro atoms. The van der Waals surface area contributed by atoms with Crippen molar-refractivity contribution in [3.63, 3.8) is 0 Å². The molecular formula is C14H20N2O2S. The van der Waals surface area contributed by atoms with Crippen molar-refractivity contribution < 1.29 is 9.53 Å². The van der Waals surface area contributed by atoms with Crippen molar-refractivity contribution in [2.45, 2.75) is 27.2 Å². The third-order valence-corrected chi connectivity index (χ3v) is 2.31. The van der Waals surface area contributed by atoms with Crippen molar-refractivity contribution in [1.82, 2.24) is 0 Å². The van der Waals surface area contributed by atoms with Crippen LogP contribution in [0.3, 0.4) is 0 Å². The smallest absolute Gasteiger partial charge is 0.224 e. The standard InChI is InChI=1S/C14H20N2O2S/c1-14(2,3)8-13(17)16-10-5-4-6-11(7-10)18-9-12(15)19/h4-7H,8-9H2,1-3H3,(H2,15,19)(H,16,17). The lowest BCUT2D eigenvalue weighted by atomic mass is 9.92. The number of nitrogens with two attached hydrogens (primary N) is 1. The van der Waals surface area contributed by atoms with Crippen molar-refractivity contribution >= 4 is 28.8 Å². The minimum absolute atomic E-state index is 0.0148. The van der Waals surface area contributed by atoms with E-state index in [0.29, 0.717) is 22.8 Å². The van der Waals surface area contributed by atoms with Crippen LogP contribution < -0.4 is 15.8 Å². The van der Waals surface area contributed by atoms with Crippen LogP contribution in [0.4, 0.5) is 5.69 Å². The number of thiocarbonyl (C=S) groups is 1. The van der Waals surface area contributed by atoms with Gasteiger partial charge in [0.05, 0.1) is 0 Å². The molecule has 0 saturated carbocycles. The first kappa shape index (κ1) is 15.4. The molecule has 1 aromatic carbocycles. The van der Waals surface area contributed by atoms with Gasteiger partial charge in [-0.2, -0.15) is 0 Å². The Balaban J connectivity index is 2.61. The molecule has 104 valence electrons. The number of hydrogen-bond acceptors (Lipinski definition) is 3. The van der Waals surface area contributed by atoms with Crippen molar-refractivity contribution in [3.05, 3.63) is 24.3 Å². The second-order valence-corrected chi connectivity index (χ2v) is 6.09. The van der Waals surface area contributed by atoms with Gasteiger partial charge in [0.15, 0.2) is 0 Å². The lowest BCUT2D eigenvalue weighted by Crippen LogP contribution is -2.20. The van der Waals surface area contributed by atoms with Crippen molar-refractivity contribution in [2.24, 2.45) is 11.1 Å². The van der Waals surface area contributed by atoms with Crippen LogP contribution >= 0.6 is 12.2 Å². The Kier molecular flexibility index (Phi) is 5.30. The molecule has 0 fully saturated rings. The summed E-state index contributed by atoms with van der Waals surface area (Å²) >= 11 is 4.74. The quantitative estimate of drug-likeness (QED) is 0.814. The molecule has 0 unspecified atom stereocenters. The van der Waals surface area contributed by atoms with Gasteiger partial charge in [0.1, 0.15) is 17.3 Å². The second kappa shape index (κ2) is 6.52. The lowest BCUT2D eigenvalue weighted by Gasteiger charge is -2.17. The Hall–Kier alpha value is -1.62. The number of hydrogen-bond donors (Lipinski definition) is 2. The number of carbonyl (C=O) groups is 1. The molecule has 0 aliphatic heterocycles. The number of carbonyl (C=O) groups excluding carboxylic acids is 1. The molecule has 0 aromatic heterocycles. The third-order valence-electron chi connectivity index (χ3n) is 2.19. The van der Waals surface area contributed by atoms with Crippen LogP contribution in [-0.2, 0) is 4.79 Å². The van der Waals surface area contributed by atoms with E-state index in [1.807, 2.05) is 32.9 Å². The van der Waals surface area contributed by atoms with Crippen LogP contribution in [0.25, 0.3) is 0 Å². The van der Waals surface area contributed by atoms with Crippen LogP contribution in [0.2, 0.25) is 0 Å². The van der Waals surface area contributed by atoms with E-state index in [-0.39, 0.29) is 17.9 Å². The van der Waals surface area contributed by atoms with Crippen molar-refractivity contribution in [3.8, 4) is 5.75 Å². The maximum atomic E-state index is 11.8. The van der Waals surface area contributed by atoms with E-state index < -0.39 is 0 Å². The molecule has 0 bridgehead atoms. The maximum Gasteiger partial charge on any atom is 0.224 e. The number of ether oxygens (including phenoxy) is 1. The highest BCUT2D eigenvalue weighted by atomic mass is 32.1. The van der Waals surface area contributed by atoms with Crippen molar-refractivity contribution in [1.29, 1.82) is 0 Å². The van der Waals surface area contributed by atoms with E-state index in [4.69, 9.17) is 22.7 Å². The van der Waals surface area contributed by atoms with E-state index in [0.717, 1.165) is 0 Å². The molecule has 5 heteroatoms. The minimum atomic E-state index is -0.0378. The van der Waals surface area contributed by atoms with Crippen LogP contribution in [0.1, 0.15) is 27.2 Å². The number of rotatable bonds is 5. The fourth-order valence-electron chi connectivity index (χ4n) is 1.50.